The summed E-state index contributed by atoms with van der Waals surface area (Å²) in [6.45, 7) is 4.10. The third kappa shape index (κ3) is 4.42. The zero-order valence-electron chi connectivity index (χ0n) is 13.5. The molecular formula is C19H22FN3. The van der Waals surface area contributed by atoms with Crippen LogP contribution in [0.15, 0.2) is 65.4 Å². The van der Waals surface area contributed by atoms with Gasteiger partial charge in [-0.3, -0.25) is 5.43 Å². The Labute approximate surface area is 136 Å². The first-order valence-electron chi connectivity index (χ1n) is 7.72. The maximum atomic E-state index is 13.2. The molecule has 0 heterocycles. The number of benzene rings is 2. The largest absolute Gasteiger partial charge is 0.404 e. The van der Waals surface area contributed by atoms with Gasteiger partial charge in [-0.2, -0.15) is 5.10 Å². The summed E-state index contributed by atoms with van der Waals surface area (Å²) in [6.07, 6.45) is 3.33. The van der Waals surface area contributed by atoms with Crippen molar-refractivity contribution in [3.63, 3.8) is 0 Å². The second-order valence-corrected chi connectivity index (χ2v) is 5.34. The summed E-state index contributed by atoms with van der Waals surface area (Å²) in [5, 5.41) is 4.54. The minimum absolute atomic E-state index is 0.270. The van der Waals surface area contributed by atoms with E-state index >= 15 is 0 Å². The minimum atomic E-state index is -0.270. The summed E-state index contributed by atoms with van der Waals surface area (Å²) >= 11 is 0. The summed E-state index contributed by atoms with van der Waals surface area (Å²) in [5.41, 5.74) is 13.4. The van der Waals surface area contributed by atoms with E-state index in [1.165, 1.54) is 12.1 Å². The molecule has 0 amide bonds. The summed E-state index contributed by atoms with van der Waals surface area (Å²) in [4.78, 5) is 0. The predicted molar refractivity (Wildman–Crippen MR) is 94.9 cm³/mol. The van der Waals surface area contributed by atoms with Crippen molar-refractivity contribution in [1.82, 2.24) is 0 Å². The fraction of sp³-hybridized carbons (Fsp3) is 0.211. The SMILES string of the molecule is CCCC(=C\N)/C(=N\Nc1ccccc1C)c1ccc(F)cc1. The van der Waals surface area contributed by atoms with Crippen LogP contribution in [0, 0.1) is 12.7 Å². The minimum Gasteiger partial charge on any atom is -0.404 e. The van der Waals surface area contributed by atoms with Gasteiger partial charge in [-0.15, -0.1) is 0 Å². The molecule has 2 rings (SSSR count). The number of hydrogen-bond acceptors (Lipinski definition) is 3. The van der Waals surface area contributed by atoms with Crippen LogP contribution in [-0.4, -0.2) is 5.71 Å². The van der Waals surface area contributed by atoms with Crippen molar-refractivity contribution in [2.45, 2.75) is 26.7 Å². The molecule has 0 saturated carbocycles. The van der Waals surface area contributed by atoms with E-state index in [9.17, 15) is 4.39 Å². The topological polar surface area (TPSA) is 50.4 Å². The van der Waals surface area contributed by atoms with E-state index < -0.39 is 0 Å². The van der Waals surface area contributed by atoms with Crippen LogP contribution >= 0.6 is 0 Å². The lowest BCUT2D eigenvalue weighted by molar-refractivity contribution is 0.628. The monoisotopic (exact) mass is 311 g/mol. The summed E-state index contributed by atoms with van der Waals surface area (Å²) in [7, 11) is 0. The molecule has 0 aliphatic carbocycles. The maximum Gasteiger partial charge on any atom is 0.123 e. The molecule has 0 fully saturated rings. The fourth-order valence-electron chi connectivity index (χ4n) is 2.29. The third-order valence-corrected chi connectivity index (χ3v) is 3.58. The van der Waals surface area contributed by atoms with Gasteiger partial charge in [0.2, 0.25) is 0 Å². The van der Waals surface area contributed by atoms with Gasteiger partial charge in [-0.05, 0) is 61.0 Å². The Kier molecular flexibility index (Phi) is 5.92. The van der Waals surface area contributed by atoms with Crippen molar-refractivity contribution in [3.05, 3.63) is 77.2 Å². The molecule has 2 aromatic carbocycles. The van der Waals surface area contributed by atoms with Crippen molar-refractivity contribution >= 4 is 11.4 Å². The number of hydrogen-bond donors (Lipinski definition) is 2. The summed E-state index contributed by atoms with van der Waals surface area (Å²) < 4.78 is 13.2. The highest BCUT2D eigenvalue weighted by Crippen LogP contribution is 2.17. The molecule has 0 aliphatic heterocycles. The normalized spacial score (nSPS) is 12.3. The number of halogens is 1. The van der Waals surface area contributed by atoms with Gasteiger partial charge >= 0.3 is 0 Å². The Hall–Kier alpha value is -2.62. The quantitative estimate of drug-likeness (QED) is 0.605. The molecule has 23 heavy (non-hydrogen) atoms. The van der Waals surface area contributed by atoms with Crippen molar-refractivity contribution in [2.75, 3.05) is 5.43 Å². The third-order valence-electron chi connectivity index (χ3n) is 3.58. The van der Waals surface area contributed by atoms with E-state index in [4.69, 9.17) is 5.73 Å². The first kappa shape index (κ1) is 16.7. The molecule has 3 nitrogen and oxygen atoms in total. The van der Waals surface area contributed by atoms with Crippen molar-refractivity contribution in [3.8, 4) is 0 Å². The Morgan fingerprint density at radius 2 is 1.87 bits per heavy atom. The molecule has 0 atom stereocenters. The van der Waals surface area contributed by atoms with Crippen LogP contribution in [0.2, 0.25) is 0 Å². The lowest BCUT2D eigenvalue weighted by Crippen LogP contribution is -2.10. The molecule has 2 aromatic rings. The number of nitrogens with two attached hydrogens (primary N) is 1. The number of allylic oxidation sites excluding steroid dienone is 1. The number of nitrogens with zero attached hydrogens (tertiary/aromatic N) is 1. The zero-order chi connectivity index (χ0) is 16.7. The average Bonchev–Trinajstić information content (AvgIpc) is 2.57. The molecule has 0 aliphatic rings. The van der Waals surface area contributed by atoms with E-state index in [1.807, 2.05) is 31.2 Å². The van der Waals surface area contributed by atoms with Gasteiger partial charge in [0.15, 0.2) is 0 Å². The van der Waals surface area contributed by atoms with Crippen LogP contribution in [0.25, 0.3) is 0 Å². The highest BCUT2D eigenvalue weighted by molar-refractivity contribution is 6.12. The fourth-order valence-corrected chi connectivity index (χ4v) is 2.29. The number of anilines is 1. The van der Waals surface area contributed by atoms with E-state index in [1.54, 1.807) is 18.3 Å². The first-order chi connectivity index (χ1) is 11.2. The van der Waals surface area contributed by atoms with Gasteiger partial charge in [0.05, 0.1) is 11.4 Å². The van der Waals surface area contributed by atoms with Gasteiger partial charge in [0, 0.05) is 5.56 Å². The summed E-state index contributed by atoms with van der Waals surface area (Å²) in [6, 6.07) is 14.2. The van der Waals surface area contributed by atoms with E-state index in [0.717, 1.165) is 40.9 Å². The zero-order valence-corrected chi connectivity index (χ0v) is 13.5. The Balaban J connectivity index is 2.38. The Morgan fingerprint density at radius 1 is 1.17 bits per heavy atom. The molecule has 0 unspecified atom stereocenters. The molecule has 0 aromatic heterocycles. The number of aryl methyl sites for hydroxylation is 1. The van der Waals surface area contributed by atoms with E-state index in [2.05, 4.69) is 17.5 Å². The van der Waals surface area contributed by atoms with E-state index in [0.29, 0.717) is 0 Å². The van der Waals surface area contributed by atoms with Crippen molar-refractivity contribution < 1.29 is 4.39 Å². The molecule has 0 bridgehead atoms. The maximum absolute atomic E-state index is 13.2. The lowest BCUT2D eigenvalue weighted by Gasteiger charge is -2.12. The Morgan fingerprint density at radius 3 is 2.48 bits per heavy atom. The van der Waals surface area contributed by atoms with Gasteiger partial charge in [-0.25, -0.2) is 4.39 Å². The number of para-hydroxylation sites is 1. The molecule has 3 N–H and O–H groups in total. The first-order valence-corrected chi connectivity index (χ1v) is 7.72. The standard InChI is InChI=1S/C19H22FN3/c1-3-6-16(13-21)19(15-9-11-17(20)12-10-15)23-22-18-8-5-4-7-14(18)2/h4-5,7-13,22H,3,6,21H2,1-2H3/b16-13+,23-19-. The van der Waals surface area contributed by atoms with Gasteiger partial charge in [0.1, 0.15) is 5.82 Å². The molecule has 0 saturated heterocycles. The van der Waals surface area contributed by atoms with Gasteiger partial charge < -0.3 is 5.73 Å². The van der Waals surface area contributed by atoms with Crippen LogP contribution in [-0.2, 0) is 0 Å². The molecular weight excluding hydrogens is 289 g/mol. The highest BCUT2D eigenvalue weighted by atomic mass is 19.1. The van der Waals surface area contributed by atoms with Crippen LogP contribution in [0.4, 0.5) is 10.1 Å². The summed E-state index contributed by atoms with van der Waals surface area (Å²) in [5.74, 6) is -0.270. The highest BCUT2D eigenvalue weighted by Gasteiger charge is 2.10. The van der Waals surface area contributed by atoms with Crippen molar-refractivity contribution in [1.29, 1.82) is 0 Å². The molecule has 120 valence electrons. The average molecular weight is 311 g/mol. The van der Waals surface area contributed by atoms with Gasteiger partial charge in [0.25, 0.3) is 0 Å². The molecule has 0 radical (unpaired) electrons. The Bertz CT molecular complexity index is 703. The van der Waals surface area contributed by atoms with Gasteiger partial charge in [-0.1, -0.05) is 31.5 Å². The van der Waals surface area contributed by atoms with Crippen LogP contribution in [0.3, 0.4) is 0 Å². The molecule has 4 heteroatoms. The second-order valence-electron chi connectivity index (χ2n) is 5.34. The number of nitrogens with one attached hydrogen (secondary N) is 1. The van der Waals surface area contributed by atoms with Crippen LogP contribution in [0.1, 0.15) is 30.9 Å². The van der Waals surface area contributed by atoms with E-state index in [-0.39, 0.29) is 5.82 Å². The number of hydrazone groups is 1. The smallest absolute Gasteiger partial charge is 0.123 e. The second kappa shape index (κ2) is 8.13. The van der Waals surface area contributed by atoms with Crippen LogP contribution < -0.4 is 11.2 Å². The van der Waals surface area contributed by atoms with Crippen molar-refractivity contribution in [2.24, 2.45) is 10.8 Å². The predicted octanol–water partition coefficient (Wildman–Crippen LogP) is 4.59. The number of rotatable bonds is 6. The van der Waals surface area contributed by atoms with Crippen LogP contribution in [0.5, 0.6) is 0 Å². The lowest BCUT2D eigenvalue weighted by atomic mass is 9.99. The molecule has 0 spiro atoms.